The van der Waals surface area contributed by atoms with E-state index < -0.39 is 16.0 Å². The van der Waals surface area contributed by atoms with E-state index in [1.165, 1.54) is 82.8 Å². The molecule has 0 aliphatic rings. The summed E-state index contributed by atoms with van der Waals surface area (Å²) >= 11 is 0. The van der Waals surface area contributed by atoms with Crippen LogP contribution in [0.4, 0.5) is 0 Å². The Balaban J connectivity index is 1.57. The van der Waals surface area contributed by atoms with E-state index in [-0.39, 0.29) is 22.8 Å². The molecule has 0 heterocycles. The van der Waals surface area contributed by atoms with Crippen molar-refractivity contribution < 1.29 is 22.1 Å². The van der Waals surface area contributed by atoms with Crippen molar-refractivity contribution in [3.05, 3.63) is 65.7 Å². The van der Waals surface area contributed by atoms with Crippen LogP contribution in [0.5, 0.6) is 11.5 Å². The minimum absolute atomic E-state index is 0.0141. The van der Waals surface area contributed by atoms with Gasteiger partial charge in [-0.1, -0.05) is 132 Å². The Morgan fingerprint density at radius 1 is 0.773 bits per heavy atom. The van der Waals surface area contributed by atoms with Crippen molar-refractivity contribution in [3.63, 3.8) is 0 Å². The molecule has 1 amide bonds. The highest BCUT2D eigenvalue weighted by molar-refractivity contribution is 7.87. The molecular formula is C36H52N2O5S. The third-order valence-electron chi connectivity index (χ3n) is 7.90. The SMILES string of the molecule is CCCCCCCCCCCCCCCCNC(=O)c1cc(OCCN)c2ccccc2c1OS(=O)(=O)c1ccc(C)cc1. The predicted molar refractivity (Wildman–Crippen MR) is 180 cm³/mol. The maximum atomic E-state index is 13.5. The summed E-state index contributed by atoms with van der Waals surface area (Å²) < 4.78 is 38.2. The highest BCUT2D eigenvalue weighted by Gasteiger charge is 2.25. The van der Waals surface area contributed by atoms with Gasteiger partial charge in [0.25, 0.3) is 5.91 Å². The van der Waals surface area contributed by atoms with Gasteiger partial charge < -0.3 is 20.0 Å². The number of carbonyl (C=O) groups is 1. The third kappa shape index (κ3) is 11.4. The van der Waals surface area contributed by atoms with Gasteiger partial charge in [-0.05, 0) is 31.5 Å². The van der Waals surface area contributed by atoms with Crippen molar-refractivity contribution in [3.8, 4) is 11.5 Å². The number of carbonyl (C=O) groups excluding carboxylic acids is 1. The quantitative estimate of drug-likeness (QED) is 0.0858. The normalized spacial score (nSPS) is 11.5. The van der Waals surface area contributed by atoms with Gasteiger partial charge in [-0.25, -0.2) is 0 Å². The molecule has 0 fully saturated rings. The molecule has 0 aliphatic heterocycles. The summed E-state index contributed by atoms with van der Waals surface area (Å²) in [6.45, 7) is 5.19. The summed E-state index contributed by atoms with van der Waals surface area (Å²) in [4.78, 5) is 13.5. The number of unbranched alkanes of at least 4 members (excludes halogenated alkanes) is 13. The van der Waals surface area contributed by atoms with E-state index in [0.29, 0.717) is 29.6 Å². The summed E-state index contributed by atoms with van der Waals surface area (Å²) in [6, 6.07) is 15.1. The number of hydrogen-bond donors (Lipinski definition) is 2. The fourth-order valence-electron chi connectivity index (χ4n) is 5.34. The summed E-state index contributed by atoms with van der Waals surface area (Å²) in [5.74, 6) is 0.0321. The maximum Gasteiger partial charge on any atom is 0.339 e. The third-order valence-corrected chi connectivity index (χ3v) is 9.13. The summed E-state index contributed by atoms with van der Waals surface area (Å²) in [5.41, 5.74) is 6.71. The first-order valence-corrected chi connectivity index (χ1v) is 18.0. The van der Waals surface area contributed by atoms with Crippen molar-refractivity contribution in [1.29, 1.82) is 0 Å². The summed E-state index contributed by atoms with van der Waals surface area (Å²) in [6.07, 6.45) is 17.7. The van der Waals surface area contributed by atoms with Crippen LogP contribution in [0.25, 0.3) is 10.8 Å². The Morgan fingerprint density at radius 3 is 1.89 bits per heavy atom. The molecule has 44 heavy (non-hydrogen) atoms. The van der Waals surface area contributed by atoms with Crippen LogP contribution in [0.15, 0.2) is 59.5 Å². The van der Waals surface area contributed by atoms with E-state index in [0.717, 1.165) is 24.8 Å². The molecule has 3 aromatic rings. The van der Waals surface area contributed by atoms with E-state index in [4.69, 9.17) is 14.7 Å². The van der Waals surface area contributed by atoms with Crippen LogP contribution < -0.4 is 20.0 Å². The molecule has 7 nitrogen and oxygen atoms in total. The van der Waals surface area contributed by atoms with Gasteiger partial charge in [-0.3, -0.25) is 4.79 Å². The molecule has 0 aliphatic carbocycles. The predicted octanol–water partition coefficient (Wildman–Crippen LogP) is 8.46. The number of amides is 1. The van der Waals surface area contributed by atoms with Crippen LogP contribution in [0.3, 0.4) is 0 Å². The van der Waals surface area contributed by atoms with Crippen molar-refractivity contribution in [1.82, 2.24) is 5.32 Å². The van der Waals surface area contributed by atoms with Crippen molar-refractivity contribution >= 4 is 26.8 Å². The number of benzene rings is 3. The Bertz CT molecular complexity index is 1390. The average Bonchev–Trinajstić information content (AvgIpc) is 3.02. The zero-order chi connectivity index (χ0) is 31.6. The number of nitrogens with two attached hydrogens (primary N) is 1. The van der Waals surface area contributed by atoms with E-state index in [1.54, 1.807) is 30.3 Å². The lowest BCUT2D eigenvalue weighted by molar-refractivity contribution is 0.0951. The second-order valence-electron chi connectivity index (χ2n) is 11.6. The maximum absolute atomic E-state index is 13.5. The Morgan fingerprint density at radius 2 is 1.32 bits per heavy atom. The number of rotatable bonds is 22. The average molecular weight is 625 g/mol. The first-order valence-electron chi connectivity index (χ1n) is 16.6. The molecule has 0 bridgehead atoms. The van der Waals surface area contributed by atoms with Gasteiger partial charge in [-0.2, -0.15) is 8.42 Å². The first-order chi connectivity index (χ1) is 21.4. The van der Waals surface area contributed by atoms with Gasteiger partial charge in [0.2, 0.25) is 0 Å². The van der Waals surface area contributed by atoms with Crippen molar-refractivity contribution in [2.75, 3.05) is 19.7 Å². The second-order valence-corrected chi connectivity index (χ2v) is 13.2. The highest BCUT2D eigenvalue weighted by atomic mass is 32.2. The Hall–Kier alpha value is -3.10. The fourth-order valence-corrected chi connectivity index (χ4v) is 6.31. The topological polar surface area (TPSA) is 108 Å². The Kier molecular flexibility index (Phi) is 15.5. The Labute approximate surface area is 265 Å². The van der Waals surface area contributed by atoms with Crippen LogP contribution in [0.1, 0.15) is 113 Å². The van der Waals surface area contributed by atoms with Gasteiger partial charge in [0.1, 0.15) is 17.3 Å². The van der Waals surface area contributed by atoms with Crippen LogP contribution in [-0.2, 0) is 10.1 Å². The number of ether oxygens (including phenoxy) is 1. The molecule has 3 N–H and O–H groups in total. The lowest BCUT2D eigenvalue weighted by Gasteiger charge is -2.17. The molecule has 3 rings (SSSR count). The number of hydrogen-bond acceptors (Lipinski definition) is 6. The van der Waals surface area contributed by atoms with E-state index in [9.17, 15) is 13.2 Å². The van der Waals surface area contributed by atoms with Crippen LogP contribution in [-0.4, -0.2) is 34.0 Å². The minimum Gasteiger partial charge on any atom is -0.492 e. The molecule has 0 radical (unpaired) electrons. The van der Waals surface area contributed by atoms with Gasteiger partial charge in [0.05, 0.1) is 5.56 Å². The first kappa shape index (κ1) is 35.4. The molecule has 8 heteroatoms. The zero-order valence-electron chi connectivity index (χ0n) is 26.7. The van der Waals surface area contributed by atoms with Gasteiger partial charge in [0, 0.05) is 23.9 Å². The number of nitrogens with one attached hydrogen (secondary N) is 1. The zero-order valence-corrected chi connectivity index (χ0v) is 27.6. The minimum atomic E-state index is -4.20. The van der Waals surface area contributed by atoms with Crippen molar-refractivity contribution in [2.24, 2.45) is 5.73 Å². The lowest BCUT2D eigenvalue weighted by Crippen LogP contribution is -2.26. The highest BCUT2D eigenvalue weighted by Crippen LogP contribution is 2.38. The number of fused-ring (bicyclic) bond motifs is 1. The standard InChI is InChI=1S/C36H52N2O5S/c1-3-4-5-6-7-8-9-10-11-12-13-14-15-18-26-38-36(39)33-28-34(42-27-25-37)31-19-16-17-20-32(31)35(33)43-44(40,41)30-23-21-29(2)22-24-30/h16-17,19-24,28H,3-15,18,25-27,37H2,1-2H3,(H,38,39). The molecule has 0 spiro atoms. The van der Waals surface area contributed by atoms with E-state index >= 15 is 0 Å². The smallest absolute Gasteiger partial charge is 0.339 e. The second kappa shape index (κ2) is 19.3. The molecule has 242 valence electrons. The molecular weight excluding hydrogens is 572 g/mol. The monoisotopic (exact) mass is 624 g/mol. The van der Waals surface area contributed by atoms with Crippen LogP contribution >= 0.6 is 0 Å². The molecule has 0 atom stereocenters. The van der Waals surface area contributed by atoms with Gasteiger partial charge in [0.15, 0.2) is 5.75 Å². The van der Waals surface area contributed by atoms with Gasteiger partial charge >= 0.3 is 10.1 Å². The van der Waals surface area contributed by atoms with E-state index in [2.05, 4.69) is 12.2 Å². The largest absolute Gasteiger partial charge is 0.492 e. The molecule has 3 aromatic carbocycles. The lowest BCUT2D eigenvalue weighted by atomic mass is 10.0. The number of aryl methyl sites for hydroxylation is 1. The van der Waals surface area contributed by atoms with Gasteiger partial charge in [-0.15, -0.1) is 0 Å². The van der Waals surface area contributed by atoms with Crippen molar-refractivity contribution in [2.45, 2.75) is 109 Å². The summed E-state index contributed by atoms with van der Waals surface area (Å²) in [7, 11) is -4.20. The molecule has 0 aromatic heterocycles. The molecule has 0 saturated carbocycles. The fraction of sp³-hybridized carbons (Fsp3) is 0.528. The van der Waals surface area contributed by atoms with E-state index in [1.807, 2.05) is 19.1 Å². The van der Waals surface area contributed by atoms with Crippen LogP contribution in [0, 0.1) is 6.92 Å². The molecule has 0 saturated heterocycles. The van der Waals surface area contributed by atoms with Crippen LogP contribution in [0.2, 0.25) is 0 Å². The molecule has 0 unspecified atom stereocenters. The summed E-state index contributed by atoms with van der Waals surface area (Å²) in [5, 5.41) is 4.08.